The number of hydrogen-bond donors (Lipinski definition) is 1. The highest BCUT2D eigenvalue weighted by molar-refractivity contribution is 6.25. The predicted octanol–water partition coefficient (Wildman–Crippen LogP) is 2.72. The van der Waals surface area contributed by atoms with Crippen LogP contribution in [-0.2, 0) is 6.42 Å². The first-order valence-corrected chi connectivity index (χ1v) is 5.91. The van der Waals surface area contributed by atoms with Crippen LogP contribution in [0.25, 0.3) is 0 Å². The average Bonchev–Trinajstić information content (AvgIpc) is 2.30. The van der Waals surface area contributed by atoms with Crippen molar-refractivity contribution in [3.63, 3.8) is 0 Å². The van der Waals surface area contributed by atoms with Gasteiger partial charge in [-0.15, -0.1) is 0 Å². The molecule has 4 heteroatoms. The van der Waals surface area contributed by atoms with Crippen molar-refractivity contribution < 1.29 is 9.47 Å². The minimum Gasteiger partial charge on any atom is -0.497 e. The molecule has 1 aromatic carbocycles. The second-order valence-corrected chi connectivity index (χ2v) is 4.08. The molecule has 1 aromatic rings. The number of benzene rings is 1. The van der Waals surface area contributed by atoms with Gasteiger partial charge in [0.1, 0.15) is 18.1 Å². The molecule has 0 bridgehead atoms. The van der Waals surface area contributed by atoms with Crippen LogP contribution in [0.3, 0.4) is 0 Å². The Labute approximate surface area is 107 Å². The van der Waals surface area contributed by atoms with E-state index in [0.29, 0.717) is 6.61 Å². The van der Waals surface area contributed by atoms with Gasteiger partial charge in [0.15, 0.2) is 0 Å². The molecule has 0 saturated carbocycles. The summed E-state index contributed by atoms with van der Waals surface area (Å²) in [6.45, 7) is 2.40. The lowest BCUT2D eigenvalue weighted by atomic mass is 10.1. The van der Waals surface area contributed by atoms with Gasteiger partial charge in [0.25, 0.3) is 0 Å². The quantitative estimate of drug-likeness (QED) is 0.850. The molecular weight excluding hydrogens is 238 g/mol. The molecule has 1 atom stereocenters. The summed E-state index contributed by atoms with van der Waals surface area (Å²) in [5.74, 6) is 1.56. The summed E-state index contributed by atoms with van der Waals surface area (Å²) in [6, 6.07) is 5.83. The Balaban J connectivity index is 2.86. The third-order valence-corrected chi connectivity index (χ3v) is 2.42. The van der Waals surface area contributed by atoms with Gasteiger partial charge in [0.05, 0.1) is 7.11 Å². The number of rotatable bonds is 6. The maximum atomic E-state index is 5.80. The Hall–Kier alpha value is -1.19. The highest BCUT2D eigenvalue weighted by atomic mass is 35.5. The first kappa shape index (κ1) is 13.9. The zero-order valence-electron chi connectivity index (χ0n) is 10.2. The molecule has 0 radical (unpaired) electrons. The molecule has 0 aromatic heterocycles. The van der Waals surface area contributed by atoms with Crippen molar-refractivity contribution in [2.45, 2.75) is 19.4 Å². The van der Waals surface area contributed by atoms with E-state index in [1.165, 1.54) is 5.54 Å². The second-order valence-electron chi connectivity index (χ2n) is 3.83. The molecular formula is C13H18ClNO2. The maximum absolute atomic E-state index is 5.80. The number of nitrogens with two attached hydrogens (primary N) is 1. The van der Waals surface area contributed by atoms with Crippen LogP contribution in [0.5, 0.6) is 11.5 Å². The van der Waals surface area contributed by atoms with E-state index in [-0.39, 0.29) is 6.04 Å². The predicted molar refractivity (Wildman–Crippen MR) is 70.8 cm³/mol. The molecule has 0 fully saturated rings. The van der Waals surface area contributed by atoms with Crippen LogP contribution in [0.2, 0.25) is 0 Å². The zero-order valence-corrected chi connectivity index (χ0v) is 10.9. The van der Waals surface area contributed by atoms with Crippen molar-refractivity contribution in [3.8, 4) is 11.5 Å². The van der Waals surface area contributed by atoms with Gasteiger partial charge in [0.2, 0.25) is 0 Å². The van der Waals surface area contributed by atoms with Gasteiger partial charge in [-0.2, -0.15) is 0 Å². The van der Waals surface area contributed by atoms with Gasteiger partial charge in [0, 0.05) is 17.6 Å². The highest BCUT2D eigenvalue weighted by Gasteiger charge is 2.07. The number of methoxy groups -OCH3 is 1. The third kappa shape index (κ3) is 4.67. The van der Waals surface area contributed by atoms with Crippen LogP contribution in [0.1, 0.15) is 12.5 Å². The van der Waals surface area contributed by atoms with Crippen LogP contribution in [0, 0.1) is 0 Å². The summed E-state index contributed by atoms with van der Waals surface area (Å²) in [7, 11) is 1.63. The lowest BCUT2D eigenvalue weighted by Crippen LogP contribution is -2.18. The Morgan fingerprint density at radius 1 is 1.47 bits per heavy atom. The van der Waals surface area contributed by atoms with Crippen molar-refractivity contribution in [1.29, 1.82) is 0 Å². The molecule has 0 amide bonds. The second kappa shape index (κ2) is 7.20. The van der Waals surface area contributed by atoms with E-state index in [0.717, 1.165) is 23.5 Å². The third-order valence-electron chi connectivity index (χ3n) is 2.24. The summed E-state index contributed by atoms with van der Waals surface area (Å²) in [4.78, 5) is 0. The summed E-state index contributed by atoms with van der Waals surface area (Å²) < 4.78 is 10.8. The first-order chi connectivity index (χ1) is 8.17. The zero-order chi connectivity index (χ0) is 12.7. The van der Waals surface area contributed by atoms with E-state index < -0.39 is 0 Å². The summed E-state index contributed by atoms with van der Waals surface area (Å²) in [5.41, 5.74) is 8.31. The van der Waals surface area contributed by atoms with Crippen LogP contribution in [0.4, 0.5) is 0 Å². The van der Waals surface area contributed by atoms with Crippen LogP contribution >= 0.6 is 11.6 Å². The highest BCUT2D eigenvalue weighted by Crippen LogP contribution is 2.25. The molecule has 94 valence electrons. The van der Waals surface area contributed by atoms with Crippen molar-refractivity contribution in [2.24, 2.45) is 5.73 Å². The first-order valence-electron chi connectivity index (χ1n) is 5.48. The van der Waals surface area contributed by atoms with Crippen molar-refractivity contribution >= 4 is 11.6 Å². The molecule has 0 saturated heterocycles. The molecule has 0 aliphatic heterocycles. The minimum atomic E-state index is 0.0920. The van der Waals surface area contributed by atoms with Gasteiger partial charge in [-0.25, -0.2) is 0 Å². The van der Waals surface area contributed by atoms with E-state index in [1.54, 1.807) is 13.2 Å². The van der Waals surface area contributed by atoms with E-state index in [9.17, 15) is 0 Å². The lowest BCUT2D eigenvalue weighted by Gasteiger charge is -2.13. The smallest absolute Gasteiger partial charge is 0.126 e. The standard InChI is InChI=1S/C13H18ClNO2/c1-10(15)8-11-4-5-12(16-2)9-13(11)17-7-3-6-14/h3-6,9-10H,7-8,15H2,1-2H3. The fourth-order valence-electron chi connectivity index (χ4n) is 1.49. The van der Waals surface area contributed by atoms with E-state index in [4.69, 9.17) is 26.8 Å². The molecule has 1 unspecified atom stereocenters. The number of ether oxygens (including phenoxy) is 2. The van der Waals surface area contributed by atoms with Crippen LogP contribution in [-0.4, -0.2) is 19.8 Å². The number of halogens is 1. The van der Waals surface area contributed by atoms with Gasteiger partial charge in [-0.1, -0.05) is 17.7 Å². The monoisotopic (exact) mass is 255 g/mol. The largest absolute Gasteiger partial charge is 0.497 e. The van der Waals surface area contributed by atoms with Gasteiger partial charge >= 0.3 is 0 Å². The summed E-state index contributed by atoms with van der Waals surface area (Å²) in [6.07, 6.45) is 2.50. The Kier molecular flexibility index (Phi) is 5.87. The Morgan fingerprint density at radius 2 is 2.24 bits per heavy atom. The molecule has 1 rings (SSSR count). The Morgan fingerprint density at radius 3 is 2.82 bits per heavy atom. The van der Waals surface area contributed by atoms with Crippen molar-refractivity contribution in [2.75, 3.05) is 13.7 Å². The van der Waals surface area contributed by atoms with E-state index in [1.807, 2.05) is 25.1 Å². The van der Waals surface area contributed by atoms with Crippen molar-refractivity contribution in [1.82, 2.24) is 0 Å². The van der Waals surface area contributed by atoms with Crippen molar-refractivity contribution in [3.05, 3.63) is 35.4 Å². The average molecular weight is 256 g/mol. The number of hydrogen-bond acceptors (Lipinski definition) is 3. The fourth-order valence-corrected chi connectivity index (χ4v) is 1.56. The van der Waals surface area contributed by atoms with E-state index in [2.05, 4.69) is 0 Å². The molecule has 2 N–H and O–H groups in total. The van der Waals surface area contributed by atoms with Gasteiger partial charge < -0.3 is 15.2 Å². The normalized spacial score (nSPS) is 12.7. The topological polar surface area (TPSA) is 44.5 Å². The minimum absolute atomic E-state index is 0.0920. The van der Waals surface area contributed by atoms with Crippen LogP contribution < -0.4 is 15.2 Å². The fraction of sp³-hybridized carbons (Fsp3) is 0.385. The summed E-state index contributed by atoms with van der Waals surface area (Å²) >= 11 is 5.45. The van der Waals surface area contributed by atoms with Gasteiger partial charge in [-0.3, -0.25) is 0 Å². The van der Waals surface area contributed by atoms with Crippen LogP contribution in [0.15, 0.2) is 29.8 Å². The summed E-state index contributed by atoms with van der Waals surface area (Å²) in [5, 5.41) is 0. The molecule has 0 spiro atoms. The molecule has 17 heavy (non-hydrogen) atoms. The SMILES string of the molecule is COc1ccc(CC(C)N)c(OCC=CCl)c1. The molecule has 0 aliphatic rings. The van der Waals surface area contributed by atoms with Gasteiger partial charge in [-0.05, 0) is 31.1 Å². The maximum Gasteiger partial charge on any atom is 0.126 e. The molecule has 0 heterocycles. The lowest BCUT2D eigenvalue weighted by molar-refractivity contribution is 0.352. The molecule has 0 aliphatic carbocycles. The van der Waals surface area contributed by atoms with E-state index >= 15 is 0 Å². The molecule has 3 nitrogen and oxygen atoms in total. The Bertz CT molecular complexity index is 378.